The van der Waals surface area contributed by atoms with Gasteiger partial charge in [-0.25, -0.2) is 4.98 Å². The lowest BCUT2D eigenvalue weighted by molar-refractivity contribution is -0.126. The Kier molecular flexibility index (Phi) is 6.04. The zero-order valence-electron chi connectivity index (χ0n) is 16.9. The van der Waals surface area contributed by atoms with Gasteiger partial charge in [-0.2, -0.15) is 0 Å². The first-order chi connectivity index (χ1) is 13.6. The van der Waals surface area contributed by atoms with Gasteiger partial charge in [0.1, 0.15) is 5.75 Å². The summed E-state index contributed by atoms with van der Waals surface area (Å²) in [7, 11) is 0. The van der Waals surface area contributed by atoms with Crippen LogP contribution < -0.4 is 15.0 Å². The first kappa shape index (κ1) is 19.5. The van der Waals surface area contributed by atoms with Gasteiger partial charge in [0.05, 0.1) is 22.7 Å². The number of amides is 1. The molecule has 2 fully saturated rings. The molecular formula is C22H31N3O2S. The molecule has 4 rings (SSSR count). The zero-order valence-corrected chi connectivity index (χ0v) is 17.8. The second kappa shape index (κ2) is 8.68. The van der Waals surface area contributed by atoms with E-state index in [9.17, 15) is 4.79 Å². The van der Waals surface area contributed by atoms with Crippen molar-refractivity contribution in [3.63, 3.8) is 0 Å². The number of fused-ring (bicyclic) bond motifs is 1. The fourth-order valence-corrected chi connectivity index (χ4v) is 5.51. The second-order valence-electron chi connectivity index (χ2n) is 8.22. The number of anilines is 1. The molecule has 2 aliphatic rings. The van der Waals surface area contributed by atoms with Crippen LogP contribution in [0.15, 0.2) is 18.2 Å². The molecule has 0 spiro atoms. The van der Waals surface area contributed by atoms with Crippen LogP contribution in [-0.4, -0.2) is 36.6 Å². The predicted octanol–water partition coefficient (Wildman–Crippen LogP) is 4.61. The molecule has 1 amide bonds. The monoisotopic (exact) mass is 401 g/mol. The minimum Gasteiger partial charge on any atom is -0.494 e. The van der Waals surface area contributed by atoms with Crippen LogP contribution in [0.3, 0.4) is 0 Å². The minimum atomic E-state index is 0.0638. The van der Waals surface area contributed by atoms with E-state index in [4.69, 9.17) is 9.72 Å². The van der Waals surface area contributed by atoms with E-state index in [1.54, 1.807) is 11.3 Å². The number of thiazole rings is 1. The van der Waals surface area contributed by atoms with Gasteiger partial charge in [-0.05, 0) is 56.7 Å². The average molecular weight is 402 g/mol. The highest BCUT2D eigenvalue weighted by Crippen LogP contribution is 2.34. The van der Waals surface area contributed by atoms with E-state index >= 15 is 0 Å². The number of nitrogens with one attached hydrogen (secondary N) is 1. The molecule has 5 nitrogen and oxygen atoms in total. The van der Waals surface area contributed by atoms with E-state index in [0.29, 0.717) is 18.6 Å². The SMILES string of the molecule is CCOc1ccc2nc(N3CCC[C@H](C(=O)N[C@@H]4CCCC[C@H]4C)C3)sc2c1. The molecule has 28 heavy (non-hydrogen) atoms. The van der Waals surface area contributed by atoms with Crippen LogP contribution in [0.5, 0.6) is 5.75 Å². The Morgan fingerprint density at radius 1 is 1.29 bits per heavy atom. The quantitative estimate of drug-likeness (QED) is 0.795. The summed E-state index contributed by atoms with van der Waals surface area (Å²) in [6.45, 7) is 6.68. The number of benzene rings is 1. The van der Waals surface area contributed by atoms with Crippen molar-refractivity contribution in [3.05, 3.63) is 18.2 Å². The largest absolute Gasteiger partial charge is 0.494 e. The molecular weight excluding hydrogens is 370 g/mol. The lowest BCUT2D eigenvalue weighted by atomic mass is 9.85. The number of rotatable bonds is 5. The number of piperidine rings is 1. The van der Waals surface area contributed by atoms with Crippen molar-refractivity contribution in [1.29, 1.82) is 0 Å². The molecule has 1 aliphatic heterocycles. The first-order valence-electron chi connectivity index (χ1n) is 10.7. The van der Waals surface area contributed by atoms with Gasteiger partial charge in [-0.1, -0.05) is 31.1 Å². The predicted molar refractivity (Wildman–Crippen MR) is 115 cm³/mol. The lowest BCUT2D eigenvalue weighted by Gasteiger charge is -2.35. The summed E-state index contributed by atoms with van der Waals surface area (Å²) in [6.07, 6.45) is 6.91. The smallest absolute Gasteiger partial charge is 0.225 e. The third-order valence-corrected chi connectivity index (χ3v) is 7.24. The Balaban J connectivity index is 1.43. The third kappa shape index (κ3) is 4.27. The molecule has 1 N–H and O–H groups in total. The number of hydrogen-bond acceptors (Lipinski definition) is 5. The standard InChI is InChI=1S/C22H31N3O2S/c1-3-27-17-10-11-19-20(13-17)28-22(24-19)25-12-6-8-16(14-25)21(26)23-18-9-5-4-7-15(18)2/h10-11,13,15-16,18H,3-9,12,14H2,1-2H3,(H,23,26)/t15-,16+,18-/m1/s1. The molecule has 0 unspecified atom stereocenters. The maximum absolute atomic E-state index is 12.9. The molecule has 3 atom stereocenters. The van der Waals surface area contributed by atoms with Crippen molar-refractivity contribution in [2.45, 2.75) is 58.4 Å². The van der Waals surface area contributed by atoms with Crippen molar-refractivity contribution < 1.29 is 9.53 Å². The minimum absolute atomic E-state index is 0.0638. The van der Waals surface area contributed by atoms with Crippen LogP contribution in [0.25, 0.3) is 10.2 Å². The zero-order chi connectivity index (χ0) is 19.5. The van der Waals surface area contributed by atoms with Crippen LogP contribution in [0.2, 0.25) is 0 Å². The number of ether oxygens (including phenoxy) is 1. The maximum atomic E-state index is 12.9. The molecule has 1 aromatic carbocycles. The van der Waals surface area contributed by atoms with Crippen molar-refractivity contribution in [1.82, 2.24) is 10.3 Å². The average Bonchev–Trinajstić information content (AvgIpc) is 3.13. The molecule has 1 aliphatic carbocycles. The topological polar surface area (TPSA) is 54.5 Å². The Labute approximate surface area is 171 Å². The van der Waals surface area contributed by atoms with Crippen LogP contribution in [0.4, 0.5) is 5.13 Å². The highest BCUT2D eigenvalue weighted by Gasteiger charge is 2.30. The Hall–Kier alpha value is -1.82. The van der Waals surface area contributed by atoms with E-state index in [1.165, 1.54) is 19.3 Å². The number of nitrogens with zero attached hydrogens (tertiary/aromatic N) is 2. The molecule has 1 aromatic heterocycles. The summed E-state index contributed by atoms with van der Waals surface area (Å²) in [5.41, 5.74) is 1.01. The highest BCUT2D eigenvalue weighted by atomic mass is 32.1. The second-order valence-corrected chi connectivity index (χ2v) is 9.23. The lowest BCUT2D eigenvalue weighted by Crippen LogP contribution is -2.48. The highest BCUT2D eigenvalue weighted by molar-refractivity contribution is 7.22. The third-order valence-electron chi connectivity index (χ3n) is 6.16. The fraction of sp³-hybridized carbons (Fsp3) is 0.636. The van der Waals surface area contributed by atoms with Gasteiger partial charge in [0.25, 0.3) is 0 Å². The van der Waals surface area contributed by atoms with Crippen LogP contribution in [-0.2, 0) is 4.79 Å². The molecule has 6 heteroatoms. The van der Waals surface area contributed by atoms with E-state index in [1.807, 2.05) is 19.1 Å². The van der Waals surface area contributed by atoms with Gasteiger partial charge in [0.2, 0.25) is 5.91 Å². The molecule has 1 saturated carbocycles. The van der Waals surface area contributed by atoms with E-state index < -0.39 is 0 Å². The van der Waals surface area contributed by atoms with E-state index in [2.05, 4.69) is 23.2 Å². The number of aromatic nitrogens is 1. The van der Waals surface area contributed by atoms with Gasteiger partial charge in [0, 0.05) is 19.1 Å². The van der Waals surface area contributed by atoms with Gasteiger partial charge in [-0.3, -0.25) is 4.79 Å². The fourth-order valence-electron chi connectivity index (χ4n) is 4.48. The van der Waals surface area contributed by atoms with Crippen molar-refractivity contribution >= 4 is 32.6 Å². The summed E-state index contributed by atoms with van der Waals surface area (Å²) in [5.74, 6) is 1.79. The van der Waals surface area contributed by atoms with Gasteiger partial charge in [0.15, 0.2) is 5.13 Å². The molecule has 152 valence electrons. The number of hydrogen-bond donors (Lipinski definition) is 1. The summed E-state index contributed by atoms with van der Waals surface area (Å²) < 4.78 is 6.75. The van der Waals surface area contributed by atoms with E-state index in [-0.39, 0.29) is 11.8 Å². The van der Waals surface area contributed by atoms with Gasteiger partial charge in [-0.15, -0.1) is 0 Å². The Morgan fingerprint density at radius 3 is 2.96 bits per heavy atom. The molecule has 2 heterocycles. The number of carbonyl (C=O) groups is 1. The Morgan fingerprint density at radius 2 is 2.14 bits per heavy atom. The summed E-state index contributed by atoms with van der Waals surface area (Å²) in [4.78, 5) is 20.0. The van der Waals surface area contributed by atoms with Crippen molar-refractivity contribution in [2.24, 2.45) is 11.8 Å². The van der Waals surface area contributed by atoms with Crippen molar-refractivity contribution in [3.8, 4) is 5.75 Å². The van der Waals surface area contributed by atoms with Crippen molar-refractivity contribution in [2.75, 3.05) is 24.6 Å². The summed E-state index contributed by atoms with van der Waals surface area (Å²) in [6, 6.07) is 6.43. The number of carbonyl (C=O) groups excluding carboxylic acids is 1. The van der Waals surface area contributed by atoms with Gasteiger partial charge >= 0.3 is 0 Å². The summed E-state index contributed by atoms with van der Waals surface area (Å²) in [5, 5.41) is 4.38. The van der Waals surface area contributed by atoms with Gasteiger partial charge < -0.3 is 15.0 Å². The molecule has 2 aromatic rings. The normalized spacial score (nSPS) is 25.6. The molecule has 1 saturated heterocycles. The molecule has 0 radical (unpaired) electrons. The van der Waals surface area contributed by atoms with E-state index in [0.717, 1.165) is 53.4 Å². The first-order valence-corrected chi connectivity index (χ1v) is 11.5. The summed E-state index contributed by atoms with van der Waals surface area (Å²) >= 11 is 1.70. The maximum Gasteiger partial charge on any atom is 0.225 e. The van der Waals surface area contributed by atoms with Crippen LogP contribution in [0.1, 0.15) is 52.4 Å². The van der Waals surface area contributed by atoms with Crippen LogP contribution >= 0.6 is 11.3 Å². The molecule has 0 bridgehead atoms. The Bertz CT molecular complexity index is 821. The van der Waals surface area contributed by atoms with Crippen LogP contribution in [0, 0.1) is 11.8 Å².